The first-order chi connectivity index (χ1) is 12.6. The van der Waals surface area contributed by atoms with Crippen molar-refractivity contribution in [1.82, 2.24) is 14.7 Å². The number of aryl methyl sites for hydroxylation is 1. The van der Waals surface area contributed by atoms with Gasteiger partial charge in [-0.25, -0.2) is 4.98 Å². The number of hydrogen-bond donors (Lipinski definition) is 1. The lowest BCUT2D eigenvalue weighted by Crippen LogP contribution is -2.21. The molecule has 0 bridgehead atoms. The summed E-state index contributed by atoms with van der Waals surface area (Å²) in [6.07, 6.45) is 5.13. The number of methoxy groups -OCH3 is 2. The number of nitrogens with zero attached hydrogens (tertiary/aromatic N) is 2. The first kappa shape index (κ1) is 17.5. The summed E-state index contributed by atoms with van der Waals surface area (Å²) in [7, 11) is 3.19. The monoisotopic (exact) mass is 351 g/mol. The number of benzene rings is 1. The van der Waals surface area contributed by atoms with Crippen molar-refractivity contribution in [3.8, 4) is 11.5 Å². The van der Waals surface area contributed by atoms with Crippen molar-refractivity contribution < 1.29 is 14.3 Å². The van der Waals surface area contributed by atoms with Gasteiger partial charge in [-0.2, -0.15) is 0 Å². The van der Waals surface area contributed by atoms with Crippen LogP contribution < -0.4 is 14.8 Å². The van der Waals surface area contributed by atoms with Crippen LogP contribution in [0.15, 0.2) is 48.7 Å². The fourth-order valence-corrected chi connectivity index (χ4v) is 2.74. The molecule has 0 radical (unpaired) electrons. The van der Waals surface area contributed by atoms with Crippen molar-refractivity contribution in [2.45, 2.75) is 13.5 Å². The maximum Gasteiger partial charge on any atom is 0.244 e. The van der Waals surface area contributed by atoms with Crippen LogP contribution in [-0.4, -0.2) is 29.5 Å². The van der Waals surface area contributed by atoms with Gasteiger partial charge in [0.1, 0.15) is 17.1 Å². The van der Waals surface area contributed by atoms with Gasteiger partial charge in [0.05, 0.1) is 32.2 Å². The van der Waals surface area contributed by atoms with Gasteiger partial charge in [-0.15, -0.1) is 0 Å². The Kier molecular flexibility index (Phi) is 5.22. The quantitative estimate of drug-likeness (QED) is 0.694. The summed E-state index contributed by atoms with van der Waals surface area (Å²) in [6.45, 7) is 2.33. The second-order valence-electron chi connectivity index (χ2n) is 5.73. The third-order valence-electron chi connectivity index (χ3n) is 4.11. The average molecular weight is 351 g/mol. The second-order valence-corrected chi connectivity index (χ2v) is 5.73. The van der Waals surface area contributed by atoms with E-state index in [0.717, 1.165) is 22.6 Å². The lowest BCUT2D eigenvalue weighted by molar-refractivity contribution is -0.116. The fourth-order valence-electron chi connectivity index (χ4n) is 2.74. The molecule has 0 atom stereocenters. The average Bonchev–Trinajstić information content (AvgIpc) is 2.99. The van der Waals surface area contributed by atoms with Crippen LogP contribution in [0.25, 0.3) is 11.7 Å². The molecular formula is C20H21N3O3. The van der Waals surface area contributed by atoms with Gasteiger partial charge in [0.15, 0.2) is 0 Å². The molecule has 0 saturated heterocycles. The molecule has 134 valence electrons. The summed E-state index contributed by atoms with van der Waals surface area (Å²) >= 11 is 0. The van der Waals surface area contributed by atoms with Crippen molar-refractivity contribution in [2.24, 2.45) is 0 Å². The lowest BCUT2D eigenvalue weighted by atomic mass is 10.1. The summed E-state index contributed by atoms with van der Waals surface area (Å²) in [5.74, 6) is 1.18. The number of nitrogens with one attached hydrogen (secondary N) is 1. The lowest BCUT2D eigenvalue weighted by Gasteiger charge is -2.07. The number of hydrogen-bond acceptors (Lipinski definition) is 4. The Morgan fingerprint density at radius 2 is 2.08 bits per heavy atom. The molecule has 1 N–H and O–H groups in total. The number of carbonyl (C=O) groups is 1. The molecule has 0 unspecified atom stereocenters. The molecule has 0 aliphatic carbocycles. The number of fused-ring (bicyclic) bond motifs is 1. The van der Waals surface area contributed by atoms with E-state index in [1.165, 1.54) is 6.08 Å². The normalized spacial score (nSPS) is 11.0. The predicted molar refractivity (Wildman–Crippen MR) is 100 cm³/mol. The predicted octanol–water partition coefficient (Wildman–Crippen LogP) is 2.99. The zero-order valence-corrected chi connectivity index (χ0v) is 15.0. The largest absolute Gasteiger partial charge is 0.497 e. The number of aromatic nitrogens is 2. The fraction of sp³-hybridized carbons (Fsp3) is 0.200. The van der Waals surface area contributed by atoms with E-state index >= 15 is 0 Å². The summed E-state index contributed by atoms with van der Waals surface area (Å²) in [4.78, 5) is 16.7. The number of carbonyl (C=O) groups excluding carboxylic acids is 1. The third kappa shape index (κ3) is 3.69. The summed E-state index contributed by atoms with van der Waals surface area (Å²) in [6, 6.07) is 11.2. The minimum atomic E-state index is -0.194. The molecule has 0 aliphatic rings. The van der Waals surface area contributed by atoms with Gasteiger partial charge in [0.25, 0.3) is 0 Å². The van der Waals surface area contributed by atoms with Crippen molar-refractivity contribution >= 4 is 17.6 Å². The molecule has 26 heavy (non-hydrogen) atoms. The third-order valence-corrected chi connectivity index (χ3v) is 4.11. The van der Waals surface area contributed by atoms with Crippen LogP contribution in [-0.2, 0) is 11.3 Å². The van der Waals surface area contributed by atoms with E-state index in [9.17, 15) is 4.79 Å². The van der Waals surface area contributed by atoms with Gasteiger partial charge in [-0.05, 0) is 43.3 Å². The SMILES string of the molecule is COc1ccc(OC)c(/C=C/C(=O)NCc2c(C)nc3ccccn23)c1. The Morgan fingerprint density at radius 1 is 1.23 bits per heavy atom. The van der Waals surface area contributed by atoms with Gasteiger partial charge in [0.2, 0.25) is 5.91 Å². The Morgan fingerprint density at radius 3 is 2.85 bits per heavy atom. The zero-order valence-electron chi connectivity index (χ0n) is 15.0. The van der Waals surface area contributed by atoms with Crippen LogP contribution in [0, 0.1) is 6.92 Å². The highest BCUT2D eigenvalue weighted by atomic mass is 16.5. The molecule has 2 heterocycles. The highest BCUT2D eigenvalue weighted by Crippen LogP contribution is 2.25. The van der Waals surface area contributed by atoms with E-state index in [1.807, 2.05) is 47.9 Å². The van der Waals surface area contributed by atoms with Crippen LogP contribution in [0.3, 0.4) is 0 Å². The van der Waals surface area contributed by atoms with E-state index in [-0.39, 0.29) is 5.91 Å². The van der Waals surface area contributed by atoms with Crippen LogP contribution in [0.1, 0.15) is 17.0 Å². The first-order valence-corrected chi connectivity index (χ1v) is 8.23. The minimum Gasteiger partial charge on any atom is -0.497 e. The second kappa shape index (κ2) is 7.74. The van der Waals surface area contributed by atoms with Crippen LogP contribution >= 0.6 is 0 Å². The van der Waals surface area contributed by atoms with Crippen LogP contribution in [0.5, 0.6) is 11.5 Å². The van der Waals surface area contributed by atoms with Gasteiger partial charge < -0.3 is 19.2 Å². The Labute approximate surface area is 152 Å². The molecule has 1 amide bonds. The maximum atomic E-state index is 12.2. The van der Waals surface area contributed by atoms with E-state index in [4.69, 9.17) is 9.47 Å². The van der Waals surface area contributed by atoms with E-state index in [0.29, 0.717) is 18.0 Å². The smallest absolute Gasteiger partial charge is 0.244 e. The van der Waals surface area contributed by atoms with E-state index in [1.54, 1.807) is 26.4 Å². The standard InChI is InChI=1S/C20H21N3O3/c1-14-17(23-11-5-4-6-19(23)22-14)13-21-20(24)10-7-15-12-16(25-2)8-9-18(15)26-3/h4-12H,13H2,1-3H3,(H,21,24)/b10-7+. The molecule has 3 aromatic rings. The Balaban J connectivity index is 1.71. The zero-order chi connectivity index (χ0) is 18.5. The number of ether oxygens (including phenoxy) is 2. The summed E-state index contributed by atoms with van der Waals surface area (Å²) < 4.78 is 12.5. The van der Waals surface area contributed by atoms with Crippen molar-refractivity contribution in [3.63, 3.8) is 0 Å². The van der Waals surface area contributed by atoms with Crippen molar-refractivity contribution in [1.29, 1.82) is 0 Å². The Hall–Kier alpha value is -3.28. The van der Waals surface area contributed by atoms with Crippen molar-refractivity contribution in [2.75, 3.05) is 14.2 Å². The number of rotatable bonds is 6. The summed E-state index contributed by atoms with van der Waals surface area (Å²) in [5, 5.41) is 2.90. The molecule has 3 rings (SSSR count). The van der Waals surface area contributed by atoms with E-state index in [2.05, 4.69) is 10.3 Å². The van der Waals surface area contributed by atoms with Gasteiger partial charge in [0, 0.05) is 17.8 Å². The molecule has 0 saturated carbocycles. The highest BCUT2D eigenvalue weighted by molar-refractivity contribution is 5.92. The Bertz CT molecular complexity index is 960. The molecular weight excluding hydrogens is 330 g/mol. The molecule has 6 nitrogen and oxygen atoms in total. The molecule has 0 spiro atoms. The topological polar surface area (TPSA) is 64.9 Å². The molecule has 6 heteroatoms. The first-order valence-electron chi connectivity index (χ1n) is 8.23. The van der Waals surface area contributed by atoms with Gasteiger partial charge >= 0.3 is 0 Å². The molecule has 1 aromatic carbocycles. The van der Waals surface area contributed by atoms with Crippen molar-refractivity contribution in [3.05, 3.63) is 65.6 Å². The summed E-state index contributed by atoms with van der Waals surface area (Å²) in [5.41, 5.74) is 3.50. The van der Waals surface area contributed by atoms with Gasteiger partial charge in [-0.3, -0.25) is 4.79 Å². The molecule has 2 aromatic heterocycles. The van der Waals surface area contributed by atoms with E-state index < -0.39 is 0 Å². The van der Waals surface area contributed by atoms with Crippen LogP contribution in [0.4, 0.5) is 0 Å². The highest BCUT2D eigenvalue weighted by Gasteiger charge is 2.09. The molecule has 0 fully saturated rings. The van der Waals surface area contributed by atoms with Crippen LogP contribution in [0.2, 0.25) is 0 Å². The number of amides is 1. The maximum absolute atomic E-state index is 12.2. The minimum absolute atomic E-state index is 0.194. The molecule has 0 aliphatic heterocycles. The van der Waals surface area contributed by atoms with Gasteiger partial charge in [-0.1, -0.05) is 6.07 Å². The number of pyridine rings is 1. The number of imidazole rings is 1.